The van der Waals surface area contributed by atoms with Gasteiger partial charge in [-0.15, -0.1) is 0 Å². The number of hydrogen-bond acceptors (Lipinski definition) is 1. The van der Waals surface area contributed by atoms with Crippen LogP contribution >= 0.6 is 0 Å². The fraction of sp³-hybridized carbons (Fsp3) is 0. The first-order chi connectivity index (χ1) is 1.73. The predicted octanol–water partition coefficient (Wildman–Crippen LogP) is -3.98. The van der Waals surface area contributed by atoms with Crippen LogP contribution in [0.15, 0.2) is 0 Å². The molecule has 0 aromatic carbocycles. The minimum Gasteiger partial charge on any atom is -0.450 e. The van der Waals surface area contributed by atoms with E-state index in [1.54, 1.807) is 0 Å². The molecule has 0 aromatic heterocycles. The van der Waals surface area contributed by atoms with E-state index in [4.69, 9.17) is 15.0 Å². The monoisotopic (exact) mass is 302 g/mol. The van der Waals surface area contributed by atoms with Gasteiger partial charge in [0.15, 0.2) is 34.7 Å². The van der Waals surface area contributed by atoms with Crippen LogP contribution in [0.4, 0.5) is 4.79 Å². The summed E-state index contributed by atoms with van der Waals surface area (Å²) in [5.74, 6) is 0. The van der Waals surface area contributed by atoms with Crippen molar-refractivity contribution in [2.75, 3.05) is 0 Å². The molecule has 0 spiro atoms. The van der Waals surface area contributed by atoms with Crippen molar-refractivity contribution in [1.82, 2.24) is 0 Å². The van der Waals surface area contributed by atoms with Crippen LogP contribution in [0.3, 0.4) is 0 Å². The van der Waals surface area contributed by atoms with Gasteiger partial charge in [0.05, 0.1) is 0 Å². The first-order valence-electron chi connectivity index (χ1n) is 0.651. The summed E-state index contributed by atoms with van der Waals surface area (Å²) < 4.78 is 0. The van der Waals surface area contributed by atoms with E-state index in [-0.39, 0.29) is 120 Å². The van der Waals surface area contributed by atoms with Crippen molar-refractivity contribution in [3.8, 4) is 0 Å². The Bertz CT molecular complexity index is 45.5. The molecule has 0 aliphatic rings. The van der Waals surface area contributed by atoms with E-state index in [1.165, 1.54) is 0 Å². The molecular weight excluding hydrogens is 293 g/mol. The average Bonchev–Trinajstić information content (AvgIpc) is 0.811. The van der Waals surface area contributed by atoms with Gasteiger partial charge in [0.1, 0.15) is 0 Å². The standard InChI is InChI=1S/CH2O3.2Al.2Mg.2Zn.10H/c2-1(3)4;;;;;;;;;;;;;;;;/h(H2,2,3,4);;;;;;;;;;;;;;;;. The van der Waals surface area contributed by atoms with Crippen molar-refractivity contribution >= 4 is 87.0 Å². The zero-order chi connectivity index (χ0) is 3.58. The third kappa shape index (κ3) is 117. The molecular formula is CH12Al2Mg2O3Zn2. The van der Waals surface area contributed by atoms with Gasteiger partial charge < -0.3 is 10.2 Å². The molecule has 2 N–H and O–H groups in total. The quantitative estimate of drug-likeness (QED) is 0.449. The SMILES string of the molecule is O=C(O)O.[AlH3].[AlH3].[MgH2].[MgH2].[Zn].[Zn]. The number of carbonyl (C=O) groups is 1. The van der Waals surface area contributed by atoms with E-state index in [9.17, 15) is 0 Å². The van der Waals surface area contributed by atoms with Crippen molar-refractivity contribution in [1.29, 1.82) is 0 Å². The first-order valence-corrected chi connectivity index (χ1v) is 0.651. The average molecular weight is 305 g/mol. The Morgan fingerprint density at radius 3 is 0.900 bits per heavy atom. The molecule has 0 saturated heterocycles. The Balaban J connectivity index is -0.00000000300. The Labute approximate surface area is 139 Å². The minimum absolute atomic E-state index is 0. The largest absolute Gasteiger partial charge is 0.503 e. The summed E-state index contributed by atoms with van der Waals surface area (Å²) in [6.07, 6.45) is -1.83. The maximum Gasteiger partial charge on any atom is 0.503 e. The summed E-state index contributed by atoms with van der Waals surface area (Å²) in [5.41, 5.74) is 0. The number of rotatable bonds is 0. The zero-order valence-electron chi connectivity index (χ0n) is 3.22. The van der Waals surface area contributed by atoms with Gasteiger partial charge in [-0.1, -0.05) is 0 Å². The molecule has 0 fully saturated rings. The third-order valence-electron chi connectivity index (χ3n) is 0. The van der Waals surface area contributed by atoms with Crippen molar-refractivity contribution in [2.24, 2.45) is 0 Å². The molecule has 0 bridgehead atoms. The summed E-state index contributed by atoms with van der Waals surface area (Å²) >= 11 is 0. The predicted molar refractivity (Wildman–Crippen MR) is 47.6 cm³/mol. The zero-order valence-corrected chi connectivity index (χ0v) is 9.15. The second-order valence-corrected chi connectivity index (χ2v) is 0.283. The summed E-state index contributed by atoms with van der Waals surface area (Å²) in [5, 5.41) is 13.9. The molecule has 9 heteroatoms. The van der Waals surface area contributed by atoms with E-state index >= 15 is 0 Å². The van der Waals surface area contributed by atoms with E-state index in [0.717, 1.165) is 0 Å². The van der Waals surface area contributed by atoms with E-state index in [2.05, 4.69) is 0 Å². The van der Waals surface area contributed by atoms with Crippen LogP contribution < -0.4 is 0 Å². The minimum atomic E-state index is -1.83. The van der Waals surface area contributed by atoms with Gasteiger partial charge in [0.25, 0.3) is 0 Å². The van der Waals surface area contributed by atoms with Gasteiger partial charge in [-0.25, -0.2) is 4.79 Å². The molecule has 0 radical (unpaired) electrons. The second-order valence-electron chi connectivity index (χ2n) is 0.283. The van der Waals surface area contributed by atoms with Crippen molar-refractivity contribution in [3.05, 3.63) is 0 Å². The molecule has 0 aliphatic carbocycles. The normalized spacial score (nSPS) is 2.40. The van der Waals surface area contributed by atoms with Crippen LogP contribution in [0.2, 0.25) is 0 Å². The third-order valence-corrected chi connectivity index (χ3v) is 0. The van der Waals surface area contributed by atoms with E-state index < -0.39 is 6.16 Å². The Hall–Kier alpha value is 3.11. The summed E-state index contributed by atoms with van der Waals surface area (Å²) in [4.78, 5) is 8.56. The van der Waals surface area contributed by atoms with Crippen molar-refractivity contribution in [2.45, 2.75) is 0 Å². The summed E-state index contributed by atoms with van der Waals surface area (Å²) in [6.45, 7) is 0. The number of carboxylic acid groups (broad SMARTS) is 2. The maximum absolute atomic E-state index is 8.56. The topological polar surface area (TPSA) is 57.5 Å². The van der Waals surface area contributed by atoms with E-state index in [1.807, 2.05) is 0 Å². The van der Waals surface area contributed by atoms with Crippen molar-refractivity contribution < 1.29 is 54.0 Å². The van der Waals surface area contributed by atoms with E-state index in [0.29, 0.717) is 0 Å². The first kappa shape index (κ1) is 51.5. The van der Waals surface area contributed by atoms with Crippen LogP contribution in [0, 0.1) is 0 Å². The molecule has 0 amide bonds. The van der Waals surface area contributed by atoms with Gasteiger partial charge in [-0.3, -0.25) is 0 Å². The molecule has 48 valence electrons. The smallest absolute Gasteiger partial charge is 0.450 e. The van der Waals surface area contributed by atoms with Crippen LogP contribution in [0.1, 0.15) is 0 Å². The molecule has 0 saturated carbocycles. The Morgan fingerprint density at radius 2 is 0.900 bits per heavy atom. The molecule has 0 rings (SSSR count). The molecule has 0 aromatic rings. The fourth-order valence-corrected chi connectivity index (χ4v) is 0. The van der Waals surface area contributed by atoms with Gasteiger partial charge in [-0.05, 0) is 0 Å². The molecule has 0 aliphatic heterocycles. The summed E-state index contributed by atoms with van der Waals surface area (Å²) in [7, 11) is 0. The van der Waals surface area contributed by atoms with Crippen LogP contribution in [-0.4, -0.2) is 97.2 Å². The molecule has 10 heavy (non-hydrogen) atoms. The molecule has 0 atom stereocenters. The summed E-state index contributed by atoms with van der Waals surface area (Å²) in [6, 6.07) is 0. The Kier molecular flexibility index (Phi) is 206. The van der Waals surface area contributed by atoms with Gasteiger partial charge in [-0.2, -0.15) is 0 Å². The Morgan fingerprint density at radius 1 is 0.900 bits per heavy atom. The van der Waals surface area contributed by atoms with Crippen molar-refractivity contribution in [3.63, 3.8) is 0 Å². The van der Waals surface area contributed by atoms with Gasteiger partial charge >= 0.3 is 52.3 Å². The second kappa shape index (κ2) is 40.0. The van der Waals surface area contributed by atoms with Gasteiger partial charge in [0, 0.05) is 39.0 Å². The van der Waals surface area contributed by atoms with Crippen LogP contribution in [-0.2, 0) is 39.0 Å². The molecule has 3 nitrogen and oxygen atoms in total. The maximum atomic E-state index is 8.56. The molecule has 0 heterocycles. The van der Waals surface area contributed by atoms with Gasteiger partial charge in [0.2, 0.25) is 0 Å². The molecule has 0 unspecified atom stereocenters. The number of hydrogen-bond donors (Lipinski definition) is 2. The fourth-order valence-electron chi connectivity index (χ4n) is 0. The van der Waals surface area contributed by atoms with Crippen LogP contribution in [0.25, 0.3) is 0 Å². The van der Waals surface area contributed by atoms with Crippen LogP contribution in [0.5, 0.6) is 0 Å².